The molecule has 1 saturated heterocycles. The largest absolute Gasteiger partial charge is 0.433 e. The monoisotopic (exact) mass is 288 g/mol. The molecule has 1 atom stereocenters. The molecule has 0 radical (unpaired) electrons. The van der Waals surface area contributed by atoms with Crippen LogP contribution in [0.3, 0.4) is 0 Å². The molecule has 4 nitrogen and oxygen atoms in total. The lowest BCUT2D eigenvalue weighted by atomic mass is 10.2. The van der Waals surface area contributed by atoms with Crippen LogP contribution in [0.5, 0.6) is 0 Å². The standard InChI is InChI=1S/C13H19F3N4/c1-19-6-7-20(2)10(9-19)8-17-12-5-3-4-11(18-12)13(14,15)16/h3-5,10H,6-9H2,1-2H3,(H,17,18). The van der Waals surface area contributed by atoms with Crippen molar-refractivity contribution in [2.45, 2.75) is 12.2 Å². The van der Waals surface area contributed by atoms with Crippen LogP contribution < -0.4 is 5.32 Å². The van der Waals surface area contributed by atoms with E-state index in [2.05, 4.69) is 20.1 Å². The minimum atomic E-state index is -4.40. The zero-order valence-electron chi connectivity index (χ0n) is 11.6. The molecule has 1 aliphatic heterocycles. The minimum absolute atomic E-state index is 0.265. The highest BCUT2D eigenvalue weighted by molar-refractivity contribution is 5.36. The van der Waals surface area contributed by atoms with Gasteiger partial charge in [-0.1, -0.05) is 6.07 Å². The highest BCUT2D eigenvalue weighted by atomic mass is 19.4. The summed E-state index contributed by atoms with van der Waals surface area (Å²) in [5.41, 5.74) is -0.864. The molecular formula is C13H19F3N4. The topological polar surface area (TPSA) is 31.4 Å². The molecule has 7 heteroatoms. The number of hydrogen-bond donors (Lipinski definition) is 1. The third kappa shape index (κ3) is 3.83. The molecule has 20 heavy (non-hydrogen) atoms. The van der Waals surface area contributed by atoms with E-state index in [0.29, 0.717) is 6.54 Å². The fourth-order valence-corrected chi connectivity index (χ4v) is 2.24. The van der Waals surface area contributed by atoms with Gasteiger partial charge in [0.05, 0.1) is 0 Å². The Kier molecular flexibility index (Phi) is 4.49. The first kappa shape index (κ1) is 15.1. The molecule has 0 aliphatic carbocycles. The van der Waals surface area contributed by atoms with E-state index in [1.165, 1.54) is 6.07 Å². The molecule has 1 fully saturated rings. The van der Waals surface area contributed by atoms with Crippen LogP contribution in [0.1, 0.15) is 5.69 Å². The highest BCUT2D eigenvalue weighted by Crippen LogP contribution is 2.28. The Morgan fingerprint density at radius 2 is 2.05 bits per heavy atom. The van der Waals surface area contributed by atoms with Gasteiger partial charge in [-0.3, -0.25) is 4.90 Å². The van der Waals surface area contributed by atoms with Gasteiger partial charge in [-0.25, -0.2) is 4.98 Å². The summed E-state index contributed by atoms with van der Waals surface area (Å²) >= 11 is 0. The van der Waals surface area contributed by atoms with E-state index < -0.39 is 11.9 Å². The first-order chi connectivity index (χ1) is 9.36. The van der Waals surface area contributed by atoms with Gasteiger partial charge in [0, 0.05) is 32.2 Å². The Bertz CT molecular complexity index is 449. The van der Waals surface area contributed by atoms with E-state index in [-0.39, 0.29) is 11.9 Å². The quantitative estimate of drug-likeness (QED) is 0.918. The maximum atomic E-state index is 12.6. The first-order valence-electron chi connectivity index (χ1n) is 6.53. The van der Waals surface area contributed by atoms with E-state index >= 15 is 0 Å². The minimum Gasteiger partial charge on any atom is -0.368 e. The predicted molar refractivity (Wildman–Crippen MR) is 71.6 cm³/mol. The second kappa shape index (κ2) is 5.97. The van der Waals surface area contributed by atoms with Crippen molar-refractivity contribution < 1.29 is 13.2 Å². The number of aromatic nitrogens is 1. The first-order valence-corrected chi connectivity index (χ1v) is 6.53. The summed E-state index contributed by atoms with van der Waals surface area (Å²) in [6.07, 6.45) is -4.40. The van der Waals surface area contributed by atoms with Gasteiger partial charge in [0.2, 0.25) is 0 Å². The maximum Gasteiger partial charge on any atom is 0.433 e. The number of rotatable bonds is 3. The molecule has 1 N–H and O–H groups in total. The molecule has 112 valence electrons. The molecular weight excluding hydrogens is 269 g/mol. The summed E-state index contributed by atoms with van der Waals surface area (Å²) in [6, 6.07) is 4.17. The van der Waals surface area contributed by atoms with Crippen LogP contribution in [-0.2, 0) is 6.18 Å². The Balaban J connectivity index is 1.97. The number of hydrogen-bond acceptors (Lipinski definition) is 4. The van der Waals surface area contributed by atoms with Crippen molar-refractivity contribution >= 4 is 5.82 Å². The van der Waals surface area contributed by atoms with E-state index in [9.17, 15) is 13.2 Å². The zero-order chi connectivity index (χ0) is 14.8. The maximum absolute atomic E-state index is 12.6. The van der Waals surface area contributed by atoms with Gasteiger partial charge in [0.25, 0.3) is 0 Å². The van der Waals surface area contributed by atoms with Crippen molar-refractivity contribution in [1.29, 1.82) is 0 Å². The Morgan fingerprint density at radius 1 is 1.30 bits per heavy atom. The van der Waals surface area contributed by atoms with Crippen molar-refractivity contribution in [3.05, 3.63) is 23.9 Å². The predicted octanol–water partition coefficient (Wildman–Crippen LogP) is 1.76. The summed E-state index contributed by atoms with van der Waals surface area (Å²) in [5, 5.41) is 3.00. The number of anilines is 1. The number of nitrogens with one attached hydrogen (secondary N) is 1. The second-order valence-electron chi connectivity index (χ2n) is 5.18. The number of likely N-dealkylation sites (N-methyl/N-ethyl adjacent to an activating group) is 2. The average Bonchev–Trinajstić information content (AvgIpc) is 2.39. The zero-order valence-corrected chi connectivity index (χ0v) is 11.6. The van der Waals surface area contributed by atoms with Crippen LogP contribution in [0.4, 0.5) is 19.0 Å². The van der Waals surface area contributed by atoms with Gasteiger partial charge in [0.1, 0.15) is 11.5 Å². The molecule has 2 rings (SSSR count). The second-order valence-corrected chi connectivity index (χ2v) is 5.18. The smallest absolute Gasteiger partial charge is 0.368 e. The molecule has 2 heterocycles. The summed E-state index contributed by atoms with van der Waals surface area (Å²) < 4.78 is 37.7. The van der Waals surface area contributed by atoms with Gasteiger partial charge in [-0.05, 0) is 26.2 Å². The van der Waals surface area contributed by atoms with Crippen LogP contribution in [0.25, 0.3) is 0 Å². The summed E-state index contributed by atoms with van der Waals surface area (Å²) in [4.78, 5) is 8.03. The normalized spacial score (nSPS) is 21.9. The van der Waals surface area contributed by atoms with Crippen molar-refractivity contribution in [1.82, 2.24) is 14.8 Å². The van der Waals surface area contributed by atoms with Gasteiger partial charge >= 0.3 is 6.18 Å². The van der Waals surface area contributed by atoms with Crippen LogP contribution in [-0.4, -0.2) is 61.1 Å². The van der Waals surface area contributed by atoms with Gasteiger partial charge in [0.15, 0.2) is 0 Å². The lowest BCUT2D eigenvalue weighted by Crippen LogP contribution is -2.52. The SMILES string of the molecule is CN1CCN(C)C(CNc2cccc(C(F)(F)F)n2)C1. The fourth-order valence-electron chi connectivity index (χ4n) is 2.24. The Labute approximate surface area is 116 Å². The number of piperazine rings is 1. The molecule has 1 aromatic heterocycles. The fraction of sp³-hybridized carbons (Fsp3) is 0.615. The number of nitrogens with zero attached hydrogens (tertiary/aromatic N) is 3. The molecule has 0 spiro atoms. The molecule has 0 amide bonds. The van der Waals surface area contributed by atoms with Gasteiger partial charge in [-0.2, -0.15) is 13.2 Å². The molecule has 1 aliphatic rings. The molecule has 1 aromatic rings. The van der Waals surface area contributed by atoms with E-state index in [1.54, 1.807) is 6.07 Å². The molecule has 0 bridgehead atoms. The summed E-state index contributed by atoms with van der Waals surface area (Å²) in [6.45, 7) is 3.44. The van der Waals surface area contributed by atoms with Crippen molar-refractivity contribution in [3.63, 3.8) is 0 Å². The molecule has 0 aromatic carbocycles. The van der Waals surface area contributed by atoms with Crippen molar-refractivity contribution in [3.8, 4) is 0 Å². The van der Waals surface area contributed by atoms with Gasteiger partial charge < -0.3 is 10.2 Å². The van der Waals surface area contributed by atoms with Crippen molar-refractivity contribution in [2.24, 2.45) is 0 Å². The molecule has 0 saturated carbocycles. The Morgan fingerprint density at radius 3 is 2.75 bits per heavy atom. The van der Waals surface area contributed by atoms with Crippen molar-refractivity contribution in [2.75, 3.05) is 45.6 Å². The highest BCUT2D eigenvalue weighted by Gasteiger charge is 2.32. The average molecular weight is 288 g/mol. The van der Waals surface area contributed by atoms with E-state index in [1.807, 2.05) is 14.1 Å². The van der Waals surface area contributed by atoms with Gasteiger partial charge in [-0.15, -0.1) is 0 Å². The van der Waals surface area contributed by atoms with E-state index in [0.717, 1.165) is 25.7 Å². The summed E-state index contributed by atoms with van der Waals surface area (Å²) in [7, 11) is 4.07. The lowest BCUT2D eigenvalue weighted by Gasteiger charge is -2.37. The van der Waals surface area contributed by atoms with Crippen LogP contribution in [0.15, 0.2) is 18.2 Å². The van der Waals surface area contributed by atoms with Crippen LogP contribution >= 0.6 is 0 Å². The van der Waals surface area contributed by atoms with E-state index in [4.69, 9.17) is 0 Å². The number of pyridine rings is 1. The number of halogens is 3. The lowest BCUT2D eigenvalue weighted by molar-refractivity contribution is -0.141. The third-order valence-electron chi connectivity index (χ3n) is 3.54. The molecule has 1 unspecified atom stereocenters. The number of alkyl halides is 3. The Hall–Kier alpha value is -1.34. The third-order valence-corrected chi connectivity index (χ3v) is 3.54. The van der Waals surface area contributed by atoms with Crippen LogP contribution in [0, 0.1) is 0 Å². The van der Waals surface area contributed by atoms with Crippen LogP contribution in [0.2, 0.25) is 0 Å². The summed E-state index contributed by atoms with van der Waals surface area (Å²) in [5.74, 6) is 0.265.